The van der Waals surface area contributed by atoms with Crippen LogP contribution in [-0.4, -0.2) is 34.5 Å². The Hall–Kier alpha value is -1.39. The van der Waals surface area contributed by atoms with Crippen molar-refractivity contribution in [3.8, 4) is 0 Å². The van der Waals surface area contributed by atoms with E-state index in [-0.39, 0.29) is 40.8 Å². The third-order valence-corrected chi connectivity index (χ3v) is 10.5. The van der Waals surface area contributed by atoms with Crippen molar-refractivity contribution in [2.24, 2.45) is 34.0 Å². The van der Waals surface area contributed by atoms with Gasteiger partial charge in [0.15, 0.2) is 0 Å². The van der Waals surface area contributed by atoms with Crippen LogP contribution < -0.4 is 0 Å². The Morgan fingerprint density at radius 1 is 1.03 bits per heavy atom. The van der Waals surface area contributed by atoms with Crippen LogP contribution in [0.5, 0.6) is 0 Å². The van der Waals surface area contributed by atoms with Crippen LogP contribution in [-0.2, 0) is 4.74 Å². The van der Waals surface area contributed by atoms with E-state index >= 15 is 0 Å². The third kappa shape index (κ3) is 2.97. The summed E-state index contributed by atoms with van der Waals surface area (Å²) in [6.07, 6.45) is 7.91. The Morgan fingerprint density at radius 2 is 1.77 bits per heavy atom. The first-order valence-corrected chi connectivity index (χ1v) is 12.2. The van der Waals surface area contributed by atoms with E-state index in [1.165, 1.54) is 0 Å². The topological polar surface area (TPSA) is 66.8 Å². The van der Waals surface area contributed by atoms with E-state index < -0.39 is 5.60 Å². The molecular formula is C27H38O4. The van der Waals surface area contributed by atoms with E-state index in [0.717, 1.165) is 51.4 Å². The number of fused-ring (bicyclic) bond motifs is 2. The van der Waals surface area contributed by atoms with Crippen LogP contribution in [0.2, 0.25) is 0 Å². The maximum absolute atomic E-state index is 13.1. The van der Waals surface area contributed by atoms with Crippen LogP contribution in [0.15, 0.2) is 30.3 Å². The molecule has 0 aromatic heterocycles. The van der Waals surface area contributed by atoms with Crippen LogP contribution in [0, 0.1) is 34.0 Å². The second-order valence-corrected chi connectivity index (χ2v) is 12.0. The molecule has 4 heteroatoms. The largest absolute Gasteiger partial charge is 0.458 e. The lowest BCUT2D eigenvalue weighted by Crippen LogP contribution is -2.64. The fourth-order valence-corrected chi connectivity index (χ4v) is 8.87. The number of hydrogen-bond acceptors (Lipinski definition) is 4. The zero-order valence-corrected chi connectivity index (χ0v) is 19.3. The molecule has 0 aliphatic heterocycles. The molecule has 31 heavy (non-hydrogen) atoms. The second kappa shape index (κ2) is 7.05. The summed E-state index contributed by atoms with van der Waals surface area (Å²) >= 11 is 0. The SMILES string of the molecule is C[C@@]1(CO)CCC[C@@]2(C)[C@H]1[C@H](OC(=O)c1ccccc1)C[C@H]1C[C@@H]3C[C@@]12CC[C@@]3(C)O. The molecule has 4 nitrogen and oxygen atoms in total. The first-order chi connectivity index (χ1) is 14.7. The van der Waals surface area contributed by atoms with Gasteiger partial charge in [-0.05, 0) is 92.1 Å². The number of rotatable bonds is 3. The van der Waals surface area contributed by atoms with E-state index in [0.29, 0.717) is 17.4 Å². The predicted molar refractivity (Wildman–Crippen MR) is 119 cm³/mol. The maximum atomic E-state index is 13.1. The highest BCUT2D eigenvalue weighted by molar-refractivity contribution is 5.89. The number of esters is 1. The van der Waals surface area contributed by atoms with E-state index in [2.05, 4.69) is 13.8 Å². The van der Waals surface area contributed by atoms with Gasteiger partial charge in [0.25, 0.3) is 0 Å². The summed E-state index contributed by atoms with van der Waals surface area (Å²) in [5, 5.41) is 21.6. The minimum atomic E-state index is -0.584. The molecule has 4 saturated carbocycles. The molecule has 5 rings (SSSR count). The highest BCUT2D eigenvalue weighted by Gasteiger charge is 2.71. The van der Waals surface area contributed by atoms with Crippen molar-refractivity contribution >= 4 is 5.97 Å². The maximum Gasteiger partial charge on any atom is 0.338 e. The average molecular weight is 427 g/mol. The summed E-state index contributed by atoms with van der Waals surface area (Å²) in [5.41, 5.74) is -0.0270. The number of carbonyl (C=O) groups is 1. The Bertz CT molecular complexity index is 850. The number of hydrogen-bond donors (Lipinski definition) is 2. The quantitative estimate of drug-likeness (QED) is 0.669. The van der Waals surface area contributed by atoms with Gasteiger partial charge in [0.2, 0.25) is 0 Å². The molecule has 4 fully saturated rings. The van der Waals surface area contributed by atoms with Gasteiger partial charge < -0.3 is 14.9 Å². The Kier molecular flexibility index (Phi) is 4.88. The average Bonchev–Trinajstić information content (AvgIpc) is 3.09. The highest BCUT2D eigenvalue weighted by Crippen LogP contribution is 2.75. The number of aliphatic hydroxyl groups excluding tert-OH is 1. The Morgan fingerprint density at radius 3 is 2.48 bits per heavy atom. The molecule has 4 aliphatic carbocycles. The van der Waals surface area contributed by atoms with Gasteiger partial charge in [0, 0.05) is 12.5 Å². The monoisotopic (exact) mass is 426 g/mol. The fraction of sp³-hybridized carbons (Fsp3) is 0.741. The first-order valence-electron chi connectivity index (χ1n) is 12.2. The van der Waals surface area contributed by atoms with Crippen molar-refractivity contribution in [3.63, 3.8) is 0 Å². The number of aliphatic hydroxyl groups is 2. The molecule has 1 aromatic carbocycles. The summed E-state index contributed by atoms with van der Waals surface area (Å²) in [6.45, 7) is 6.80. The van der Waals surface area contributed by atoms with Crippen LogP contribution in [0.1, 0.15) is 82.5 Å². The lowest BCUT2D eigenvalue weighted by molar-refractivity contribution is -0.220. The Labute approximate surface area is 186 Å². The highest BCUT2D eigenvalue weighted by atomic mass is 16.5. The minimum absolute atomic E-state index is 0.0124. The molecule has 1 aromatic rings. The smallest absolute Gasteiger partial charge is 0.338 e. The van der Waals surface area contributed by atoms with Crippen LogP contribution in [0.3, 0.4) is 0 Å². The van der Waals surface area contributed by atoms with Crippen molar-refractivity contribution in [1.82, 2.24) is 0 Å². The van der Waals surface area contributed by atoms with Gasteiger partial charge in [0.1, 0.15) is 6.10 Å². The summed E-state index contributed by atoms with van der Waals surface area (Å²) < 4.78 is 6.30. The normalized spacial score (nSPS) is 48.5. The van der Waals surface area contributed by atoms with Gasteiger partial charge in [-0.2, -0.15) is 0 Å². The number of ether oxygens (including phenoxy) is 1. The molecule has 1 spiro atoms. The van der Waals surface area contributed by atoms with Crippen LogP contribution in [0.25, 0.3) is 0 Å². The van der Waals surface area contributed by atoms with E-state index in [1.54, 1.807) is 0 Å². The first kappa shape index (κ1) is 21.5. The molecule has 0 saturated heterocycles. The van der Waals surface area contributed by atoms with Gasteiger partial charge in [-0.25, -0.2) is 4.79 Å². The Balaban J connectivity index is 1.55. The van der Waals surface area contributed by atoms with Gasteiger partial charge in [-0.3, -0.25) is 0 Å². The van der Waals surface area contributed by atoms with Gasteiger partial charge in [-0.1, -0.05) is 38.5 Å². The van der Waals surface area contributed by atoms with Crippen LogP contribution >= 0.6 is 0 Å². The molecule has 4 aliphatic rings. The molecule has 170 valence electrons. The standard InChI is InChI=1S/C27H38O4/c1-24(17-28)10-7-11-25(2)22(24)21(31-23(29)18-8-5-4-6-9-18)15-19-14-20-16-27(19,25)13-12-26(20,3)30/h4-6,8-9,19-22,28,30H,7,10-17H2,1-3H3/t19-,20-,21-,22+,24+,25+,26-,27+/m1/s1. The van der Waals surface area contributed by atoms with Crippen molar-refractivity contribution in [2.75, 3.05) is 6.61 Å². The van der Waals surface area contributed by atoms with E-state index in [1.807, 2.05) is 37.3 Å². The van der Waals surface area contributed by atoms with Crippen molar-refractivity contribution in [3.05, 3.63) is 35.9 Å². The fourth-order valence-electron chi connectivity index (χ4n) is 8.87. The van der Waals surface area contributed by atoms with E-state index in [9.17, 15) is 15.0 Å². The molecule has 0 amide bonds. The zero-order chi connectivity index (χ0) is 22.1. The van der Waals surface area contributed by atoms with Gasteiger partial charge in [-0.15, -0.1) is 0 Å². The third-order valence-electron chi connectivity index (χ3n) is 10.5. The van der Waals surface area contributed by atoms with Crippen molar-refractivity contribution < 1.29 is 19.7 Å². The molecule has 2 bridgehead atoms. The van der Waals surface area contributed by atoms with Crippen molar-refractivity contribution in [1.29, 1.82) is 0 Å². The molecule has 8 atom stereocenters. The molecule has 0 unspecified atom stereocenters. The minimum Gasteiger partial charge on any atom is -0.458 e. The lowest BCUT2D eigenvalue weighted by atomic mass is 9.39. The number of carbonyl (C=O) groups excluding carboxylic acids is 1. The van der Waals surface area contributed by atoms with Crippen LogP contribution in [0.4, 0.5) is 0 Å². The molecule has 0 heterocycles. The zero-order valence-electron chi connectivity index (χ0n) is 19.3. The predicted octanol–water partition coefficient (Wildman–Crippen LogP) is 4.98. The summed E-state index contributed by atoms with van der Waals surface area (Å²) in [7, 11) is 0. The van der Waals surface area contributed by atoms with Gasteiger partial charge >= 0.3 is 5.97 Å². The molecule has 2 N–H and O–H groups in total. The lowest BCUT2D eigenvalue weighted by Gasteiger charge is -2.67. The number of benzene rings is 1. The van der Waals surface area contributed by atoms with Gasteiger partial charge in [0.05, 0.1) is 11.2 Å². The molecular weight excluding hydrogens is 388 g/mol. The second-order valence-electron chi connectivity index (χ2n) is 12.0. The van der Waals surface area contributed by atoms with E-state index in [4.69, 9.17) is 4.74 Å². The van der Waals surface area contributed by atoms with Crippen molar-refractivity contribution in [2.45, 2.75) is 83.8 Å². The summed E-state index contributed by atoms with van der Waals surface area (Å²) in [5.74, 6) is 0.698. The summed E-state index contributed by atoms with van der Waals surface area (Å²) in [4.78, 5) is 13.1. The molecule has 0 radical (unpaired) electrons. The summed E-state index contributed by atoms with van der Waals surface area (Å²) in [6, 6.07) is 9.29.